The first-order valence-electron chi connectivity index (χ1n) is 4.18. The molecule has 0 radical (unpaired) electrons. The normalized spacial score (nSPS) is 13.0. The van der Waals surface area contributed by atoms with Crippen LogP contribution in [0.25, 0.3) is 0 Å². The Hall–Kier alpha value is -0.280. The van der Waals surface area contributed by atoms with Crippen LogP contribution in [-0.4, -0.2) is 19.6 Å². The zero-order valence-electron chi connectivity index (χ0n) is 8.79. The second-order valence-electron chi connectivity index (χ2n) is 4.22. The number of methoxy groups -OCH3 is 1. The number of hydrogen-bond donors (Lipinski definition) is 1. The lowest BCUT2D eigenvalue weighted by molar-refractivity contribution is -0.146. The van der Waals surface area contributed by atoms with Crippen molar-refractivity contribution in [2.75, 3.05) is 13.7 Å². The maximum Gasteiger partial charge on any atom is 0.309 e. The molecule has 0 saturated heterocycles. The summed E-state index contributed by atoms with van der Waals surface area (Å²) < 4.78 is 4.63. The second kappa shape index (κ2) is 6.22. The first-order chi connectivity index (χ1) is 5.40. The van der Waals surface area contributed by atoms with Crippen molar-refractivity contribution in [3.8, 4) is 0 Å². The molecular formula is C9H20ClNO2. The number of ether oxygens (including phenoxy) is 1. The van der Waals surface area contributed by atoms with Crippen molar-refractivity contribution in [3.63, 3.8) is 0 Å². The zero-order chi connectivity index (χ0) is 9.78. The van der Waals surface area contributed by atoms with E-state index in [2.05, 4.69) is 25.5 Å². The highest BCUT2D eigenvalue weighted by atomic mass is 35.5. The Balaban J connectivity index is 0. The van der Waals surface area contributed by atoms with E-state index in [-0.39, 0.29) is 29.7 Å². The van der Waals surface area contributed by atoms with Gasteiger partial charge < -0.3 is 10.5 Å². The van der Waals surface area contributed by atoms with E-state index in [1.165, 1.54) is 7.11 Å². The van der Waals surface area contributed by atoms with E-state index in [1.807, 2.05) is 0 Å². The van der Waals surface area contributed by atoms with Crippen LogP contribution >= 0.6 is 12.4 Å². The standard InChI is InChI=1S/C9H19NO2.ClH/c1-9(2,3)5-7(6-10)8(11)12-4;/h7H,5-6,10H2,1-4H3;1H. The van der Waals surface area contributed by atoms with Crippen LogP contribution in [0.4, 0.5) is 0 Å². The predicted octanol–water partition coefficient (Wildman–Crippen LogP) is 1.59. The van der Waals surface area contributed by atoms with Crippen LogP contribution in [0, 0.1) is 11.3 Å². The maximum absolute atomic E-state index is 11.1. The van der Waals surface area contributed by atoms with Gasteiger partial charge in [0.15, 0.2) is 0 Å². The van der Waals surface area contributed by atoms with Crippen LogP contribution in [0.1, 0.15) is 27.2 Å². The Morgan fingerprint density at radius 2 is 1.92 bits per heavy atom. The van der Waals surface area contributed by atoms with Crippen LogP contribution in [-0.2, 0) is 9.53 Å². The minimum atomic E-state index is -0.201. The highest BCUT2D eigenvalue weighted by Crippen LogP contribution is 2.24. The summed E-state index contributed by atoms with van der Waals surface area (Å²) in [6, 6.07) is 0. The molecule has 3 nitrogen and oxygen atoms in total. The number of nitrogens with two attached hydrogens (primary N) is 1. The van der Waals surface area contributed by atoms with Crippen molar-refractivity contribution in [1.82, 2.24) is 0 Å². The number of hydrogen-bond acceptors (Lipinski definition) is 3. The Morgan fingerprint density at radius 3 is 2.15 bits per heavy atom. The molecule has 1 unspecified atom stereocenters. The molecule has 0 spiro atoms. The van der Waals surface area contributed by atoms with Crippen molar-refractivity contribution in [3.05, 3.63) is 0 Å². The van der Waals surface area contributed by atoms with Gasteiger partial charge in [-0.2, -0.15) is 0 Å². The van der Waals surface area contributed by atoms with Gasteiger partial charge in [0.25, 0.3) is 0 Å². The van der Waals surface area contributed by atoms with E-state index in [4.69, 9.17) is 5.73 Å². The molecule has 0 saturated carbocycles. The van der Waals surface area contributed by atoms with Gasteiger partial charge in [0.05, 0.1) is 13.0 Å². The topological polar surface area (TPSA) is 52.3 Å². The highest BCUT2D eigenvalue weighted by molar-refractivity contribution is 5.85. The first kappa shape index (κ1) is 15.2. The summed E-state index contributed by atoms with van der Waals surface area (Å²) in [5.41, 5.74) is 5.58. The van der Waals surface area contributed by atoms with E-state index in [9.17, 15) is 4.79 Å². The molecule has 0 aliphatic rings. The van der Waals surface area contributed by atoms with E-state index in [0.29, 0.717) is 6.54 Å². The number of halogens is 1. The summed E-state index contributed by atoms with van der Waals surface area (Å²) in [5, 5.41) is 0. The van der Waals surface area contributed by atoms with Crippen molar-refractivity contribution < 1.29 is 9.53 Å². The number of rotatable bonds is 3. The smallest absolute Gasteiger partial charge is 0.309 e. The zero-order valence-corrected chi connectivity index (χ0v) is 9.61. The number of carbonyl (C=O) groups excluding carboxylic acids is 1. The van der Waals surface area contributed by atoms with E-state index >= 15 is 0 Å². The monoisotopic (exact) mass is 209 g/mol. The summed E-state index contributed by atoms with van der Waals surface area (Å²) >= 11 is 0. The lowest BCUT2D eigenvalue weighted by Gasteiger charge is -2.22. The van der Waals surface area contributed by atoms with Crippen molar-refractivity contribution in [1.29, 1.82) is 0 Å². The quantitative estimate of drug-likeness (QED) is 0.719. The van der Waals surface area contributed by atoms with Crippen LogP contribution in [0.2, 0.25) is 0 Å². The number of carbonyl (C=O) groups is 1. The van der Waals surface area contributed by atoms with Gasteiger partial charge in [-0.3, -0.25) is 4.79 Å². The van der Waals surface area contributed by atoms with Gasteiger partial charge in [-0.05, 0) is 11.8 Å². The Bertz CT molecular complexity index is 154. The van der Waals surface area contributed by atoms with Gasteiger partial charge in [0, 0.05) is 6.54 Å². The lowest BCUT2D eigenvalue weighted by Crippen LogP contribution is -2.28. The molecule has 1 atom stereocenters. The minimum absolute atomic E-state index is 0. The largest absolute Gasteiger partial charge is 0.469 e. The highest BCUT2D eigenvalue weighted by Gasteiger charge is 2.23. The summed E-state index contributed by atoms with van der Waals surface area (Å²) in [6.45, 7) is 6.61. The SMILES string of the molecule is COC(=O)C(CN)CC(C)(C)C.Cl. The third-order valence-electron chi connectivity index (χ3n) is 1.68. The second-order valence-corrected chi connectivity index (χ2v) is 4.22. The molecule has 0 aliphatic carbocycles. The molecule has 0 aromatic carbocycles. The fourth-order valence-corrected chi connectivity index (χ4v) is 1.17. The van der Waals surface area contributed by atoms with Gasteiger partial charge >= 0.3 is 5.97 Å². The van der Waals surface area contributed by atoms with E-state index in [0.717, 1.165) is 6.42 Å². The summed E-state index contributed by atoms with van der Waals surface area (Å²) in [6.07, 6.45) is 0.774. The molecule has 2 N–H and O–H groups in total. The van der Waals surface area contributed by atoms with Crippen molar-refractivity contribution in [2.24, 2.45) is 17.1 Å². The van der Waals surface area contributed by atoms with Gasteiger partial charge in [0.2, 0.25) is 0 Å². The Kier molecular flexibility index (Phi) is 7.27. The van der Waals surface area contributed by atoms with Crippen LogP contribution < -0.4 is 5.73 Å². The van der Waals surface area contributed by atoms with Gasteiger partial charge in [0.1, 0.15) is 0 Å². The fraction of sp³-hybridized carbons (Fsp3) is 0.889. The summed E-state index contributed by atoms with van der Waals surface area (Å²) in [7, 11) is 1.40. The van der Waals surface area contributed by atoms with Gasteiger partial charge in [-0.15, -0.1) is 12.4 Å². The fourth-order valence-electron chi connectivity index (χ4n) is 1.17. The molecule has 4 heteroatoms. The average molecular weight is 210 g/mol. The van der Waals surface area contributed by atoms with E-state index in [1.54, 1.807) is 0 Å². The van der Waals surface area contributed by atoms with Crippen LogP contribution in [0.5, 0.6) is 0 Å². The molecule has 0 aromatic heterocycles. The molecule has 0 amide bonds. The van der Waals surface area contributed by atoms with Crippen molar-refractivity contribution >= 4 is 18.4 Å². The van der Waals surface area contributed by atoms with Gasteiger partial charge in [-0.25, -0.2) is 0 Å². The predicted molar refractivity (Wildman–Crippen MR) is 55.9 cm³/mol. The third-order valence-corrected chi connectivity index (χ3v) is 1.68. The molecule has 0 aliphatic heterocycles. The van der Waals surface area contributed by atoms with Crippen LogP contribution in [0.15, 0.2) is 0 Å². The Labute approximate surface area is 86.4 Å². The summed E-state index contributed by atoms with van der Waals surface area (Å²) in [5.74, 6) is -0.359. The van der Waals surface area contributed by atoms with Gasteiger partial charge in [-0.1, -0.05) is 20.8 Å². The summed E-state index contributed by atoms with van der Waals surface area (Å²) in [4.78, 5) is 11.1. The minimum Gasteiger partial charge on any atom is -0.469 e. The maximum atomic E-state index is 11.1. The molecule has 0 fully saturated rings. The third kappa shape index (κ3) is 6.84. The molecular weight excluding hydrogens is 190 g/mol. The molecule has 13 heavy (non-hydrogen) atoms. The number of esters is 1. The van der Waals surface area contributed by atoms with E-state index < -0.39 is 0 Å². The molecule has 0 bridgehead atoms. The molecule has 0 rings (SSSR count). The van der Waals surface area contributed by atoms with Crippen molar-refractivity contribution in [2.45, 2.75) is 27.2 Å². The Morgan fingerprint density at radius 1 is 1.46 bits per heavy atom. The average Bonchev–Trinajstić information content (AvgIpc) is 1.97. The first-order valence-corrected chi connectivity index (χ1v) is 4.18. The molecule has 0 aromatic rings. The molecule has 0 heterocycles. The lowest BCUT2D eigenvalue weighted by atomic mass is 9.85. The molecule has 80 valence electrons. The van der Waals surface area contributed by atoms with Crippen LogP contribution in [0.3, 0.4) is 0 Å².